The van der Waals surface area contributed by atoms with E-state index in [9.17, 15) is 4.79 Å². The van der Waals surface area contributed by atoms with Crippen molar-refractivity contribution in [1.29, 1.82) is 0 Å². The molecule has 0 unspecified atom stereocenters. The Hall–Kier alpha value is -1.72. The van der Waals surface area contributed by atoms with Gasteiger partial charge in [0.1, 0.15) is 0 Å². The summed E-state index contributed by atoms with van der Waals surface area (Å²) in [6, 6.07) is 6.45. The predicted octanol–water partition coefficient (Wildman–Crippen LogP) is 2.97. The topological polar surface area (TPSA) is 36.4 Å². The van der Waals surface area contributed by atoms with Crippen LogP contribution in [0, 0.1) is 6.92 Å². The lowest BCUT2D eigenvalue weighted by Crippen LogP contribution is -2.49. The van der Waals surface area contributed by atoms with Gasteiger partial charge in [0, 0.05) is 44.6 Å². The fraction of sp³-hybridized carbons (Fsp3) is 0.412. The van der Waals surface area contributed by atoms with Gasteiger partial charge in [0.15, 0.2) is 0 Å². The number of hydrogen-bond acceptors (Lipinski definition) is 4. The van der Waals surface area contributed by atoms with Gasteiger partial charge in [-0.15, -0.1) is 11.3 Å². The Morgan fingerprint density at radius 3 is 2.64 bits per heavy atom. The number of amides is 1. The van der Waals surface area contributed by atoms with Crippen LogP contribution in [0.15, 0.2) is 36.0 Å². The average Bonchev–Trinajstić information content (AvgIpc) is 3.00. The molecule has 0 saturated carbocycles. The van der Waals surface area contributed by atoms with Crippen LogP contribution in [0.5, 0.6) is 0 Å². The van der Waals surface area contributed by atoms with Crippen LogP contribution in [0.4, 0.5) is 0 Å². The number of pyridine rings is 1. The SMILES string of the molecule is Cc1ccsc1C(=O)N1CCN([C@@H](C)c2cccnc2)CC1. The lowest BCUT2D eigenvalue weighted by molar-refractivity contribution is 0.0586. The Balaban J connectivity index is 1.61. The van der Waals surface area contributed by atoms with E-state index in [1.807, 2.05) is 35.5 Å². The molecule has 1 saturated heterocycles. The van der Waals surface area contributed by atoms with Gasteiger partial charge in [0.2, 0.25) is 0 Å². The van der Waals surface area contributed by atoms with Gasteiger partial charge in [-0.25, -0.2) is 0 Å². The molecule has 4 nitrogen and oxygen atoms in total. The van der Waals surface area contributed by atoms with Gasteiger partial charge < -0.3 is 4.90 Å². The van der Waals surface area contributed by atoms with Crippen molar-refractivity contribution in [2.45, 2.75) is 19.9 Å². The van der Waals surface area contributed by atoms with Crippen molar-refractivity contribution in [2.75, 3.05) is 26.2 Å². The van der Waals surface area contributed by atoms with Crippen LogP contribution in [-0.2, 0) is 0 Å². The number of aryl methyl sites for hydroxylation is 1. The number of nitrogens with zero attached hydrogens (tertiary/aromatic N) is 3. The molecule has 3 rings (SSSR count). The van der Waals surface area contributed by atoms with Gasteiger partial charge in [0.25, 0.3) is 5.91 Å². The molecule has 0 bridgehead atoms. The number of rotatable bonds is 3. The highest BCUT2D eigenvalue weighted by molar-refractivity contribution is 7.12. The number of hydrogen-bond donors (Lipinski definition) is 0. The van der Waals surface area contributed by atoms with Crippen molar-refractivity contribution < 1.29 is 4.79 Å². The first kappa shape index (κ1) is 15.2. The van der Waals surface area contributed by atoms with E-state index in [0.29, 0.717) is 6.04 Å². The predicted molar refractivity (Wildman–Crippen MR) is 89.2 cm³/mol. The van der Waals surface area contributed by atoms with E-state index in [1.165, 1.54) is 5.56 Å². The van der Waals surface area contributed by atoms with E-state index in [1.54, 1.807) is 17.5 Å². The molecule has 1 atom stereocenters. The molecule has 0 aromatic carbocycles. The van der Waals surface area contributed by atoms with Crippen molar-refractivity contribution >= 4 is 17.2 Å². The summed E-state index contributed by atoms with van der Waals surface area (Å²) in [5, 5.41) is 1.99. The summed E-state index contributed by atoms with van der Waals surface area (Å²) >= 11 is 1.54. The molecule has 0 N–H and O–H groups in total. The van der Waals surface area contributed by atoms with Gasteiger partial charge >= 0.3 is 0 Å². The van der Waals surface area contributed by atoms with Crippen LogP contribution >= 0.6 is 11.3 Å². The van der Waals surface area contributed by atoms with Gasteiger partial charge in [-0.2, -0.15) is 0 Å². The number of piperazine rings is 1. The Bertz CT molecular complexity index is 632. The first-order chi connectivity index (χ1) is 10.7. The van der Waals surface area contributed by atoms with E-state index in [2.05, 4.69) is 22.9 Å². The minimum atomic E-state index is 0.182. The second kappa shape index (κ2) is 6.58. The maximum atomic E-state index is 12.5. The van der Waals surface area contributed by atoms with Crippen LogP contribution in [0.25, 0.3) is 0 Å². The summed E-state index contributed by atoms with van der Waals surface area (Å²) in [6.45, 7) is 7.61. The molecule has 0 spiro atoms. The zero-order valence-electron chi connectivity index (χ0n) is 13.0. The minimum absolute atomic E-state index is 0.182. The fourth-order valence-corrected chi connectivity index (χ4v) is 3.77. The maximum Gasteiger partial charge on any atom is 0.264 e. The number of carbonyl (C=O) groups is 1. The standard InChI is InChI=1S/C17H21N3OS/c1-13-5-11-22-16(13)17(21)20-9-7-19(8-10-20)14(2)15-4-3-6-18-12-15/h3-6,11-12,14H,7-10H2,1-2H3/t14-/m0/s1. The highest BCUT2D eigenvalue weighted by Gasteiger charge is 2.26. The van der Waals surface area contributed by atoms with E-state index >= 15 is 0 Å². The van der Waals surface area contributed by atoms with Crippen molar-refractivity contribution in [2.24, 2.45) is 0 Å². The molecule has 5 heteroatoms. The summed E-state index contributed by atoms with van der Waals surface area (Å²) in [5.41, 5.74) is 2.32. The molecule has 3 heterocycles. The number of carbonyl (C=O) groups excluding carboxylic acids is 1. The zero-order chi connectivity index (χ0) is 15.5. The molecule has 1 aliphatic rings. The average molecular weight is 315 g/mol. The van der Waals surface area contributed by atoms with Gasteiger partial charge in [0.05, 0.1) is 4.88 Å². The summed E-state index contributed by atoms with van der Waals surface area (Å²) in [7, 11) is 0. The Kier molecular flexibility index (Phi) is 4.55. The molecule has 1 aliphatic heterocycles. The van der Waals surface area contributed by atoms with Crippen LogP contribution < -0.4 is 0 Å². The minimum Gasteiger partial charge on any atom is -0.335 e. The highest BCUT2D eigenvalue weighted by Crippen LogP contribution is 2.23. The third kappa shape index (κ3) is 3.05. The quantitative estimate of drug-likeness (QED) is 0.874. The maximum absolute atomic E-state index is 12.5. The first-order valence-electron chi connectivity index (χ1n) is 7.64. The number of thiophene rings is 1. The highest BCUT2D eigenvalue weighted by atomic mass is 32.1. The van der Waals surface area contributed by atoms with E-state index in [-0.39, 0.29) is 5.91 Å². The van der Waals surface area contributed by atoms with Crippen LogP contribution in [0.3, 0.4) is 0 Å². The zero-order valence-corrected chi connectivity index (χ0v) is 13.8. The Morgan fingerprint density at radius 2 is 2.05 bits per heavy atom. The van der Waals surface area contributed by atoms with Crippen LogP contribution in [0.1, 0.15) is 33.8 Å². The normalized spacial score (nSPS) is 17.5. The molecule has 22 heavy (non-hydrogen) atoms. The first-order valence-corrected chi connectivity index (χ1v) is 8.52. The molecular formula is C17H21N3OS. The molecule has 0 radical (unpaired) electrons. The molecular weight excluding hydrogens is 294 g/mol. The van der Waals surface area contributed by atoms with Crippen LogP contribution in [0.2, 0.25) is 0 Å². The Morgan fingerprint density at radius 1 is 1.27 bits per heavy atom. The molecule has 2 aromatic heterocycles. The van der Waals surface area contributed by atoms with Crippen molar-refractivity contribution in [3.8, 4) is 0 Å². The summed E-state index contributed by atoms with van der Waals surface area (Å²) in [4.78, 5) is 22.0. The van der Waals surface area contributed by atoms with E-state index in [0.717, 1.165) is 36.6 Å². The third-order valence-corrected chi connectivity index (χ3v) is 5.38. The van der Waals surface area contributed by atoms with Gasteiger partial charge in [-0.1, -0.05) is 6.07 Å². The van der Waals surface area contributed by atoms with E-state index < -0.39 is 0 Å². The molecule has 2 aromatic rings. The second-order valence-electron chi connectivity index (χ2n) is 5.72. The Labute approximate surface area is 135 Å². The fourth-order valence-electron chi connectivity index (χ4n) is 2.88. The molecule has 0 aliphatic carbocycles. The summed E-state index contributed by atoms with van der Waals surface area (Å²) < 4.78 is 0. The smallest absolute Gasteiger partial charge is 0.264 e. The largest absolute Gasteiger partial charge is 0.335 e. The van der Waals surface area contributed by atoms with Gasteiger partial charge in [-0.3, -0.25) is 14.7 Å². The second-order valence-corrected chi connectivity index (χ2v) is 6.64. The lowest BCUT2D eigenvalue weighted by atomic mass is 10.1. The molecule has 116 valence electrons. The van der Waals surface area contributed by atoms with E-state index in [4.69, 9.17) is 0 Å². The molecule has 1 fully saturated rings. The summed E-state index contributed by atoms with van der Waals surface area (Å²) in [5.74, 6) is 0.182. The third-order valence-electron chi connectivity index (χ3n) is 4.37. The lowest BCUT2D eigenvalue weighted by Gasteiger charge is -2.38. The monoisotopic (exact) mass is 315 g/mol. The van der Waals surface area contributed by atoms with Crippen LogP contribution in [-0.4, -0.2) is 46.9 Å². The van der Waals surface area contributed by atoms with Crippen molar-refractivity contribution in [3.05, 3.63) is 52.0 Å². The van der Waals surface area contributed by atoms with Gasteiger partial charge in [-0.05, 0) is 42.5 Å². The van der Waals surface area contributed by atoms with Crippen molar-refractivity contribution in [1.82, 2.24) is 14.8 Å². The number of aromatic nitrogens is 1. The molecule has 1 amide bonds. The van der Waals surface area contributed by atoms with Crippen molar-refractivity contribution in [3.63, 3.8) is 0 Å². The summed E-state index contributed by atoms with van der Waals surface area (Å²) in [6.07, 6.45) is 3.73.